The molecule has 112 valence electrons. The zero-order valence-corrected chi connectivity index (χ0v) is 13.2. The van der Waals surface area contributed by atoms with Crippen molar-refractivity contribution in [3.8, 4) is 0 Å². The molecule has 7 heteroatoms. The maximum atomic E-state index is 11.8. The fourth-order valence-electron chi connectivity index (χ4n) is 1.46. The van der Waals surface area contributed by atoms with E-state index in [4.69, 9.17) is 0 Å². The topological polar surface area (TPSA) is 74.3 Å². The van der Waals surface area contributed by atoms with Crippen LogP contribution in [-0.4, -0.2) is 48.9 Å². The van der Waals surface area contributed by atoms with Gasteiger partial charge in [0.05, 0.1) is 0 Å². The Morgan fingerprint density at radius 2 is 2.10 bits per heavy atom. The molecule has 0 aromatic carbocycles. The summed E-state index contributed by atoms with van der Waals surface area (Å²) < 4.78 is 0. The van der Waals surface area contributed by atoms with Crippen molar-refractivity contribution in [3.05, 3.63) is 11.1 Å². The van der Waals surface area contributed by atoms with Gasteiger partial charge in [-0.3, -0.25) is 9.59 Å². The summed E-state index contributed by atoms with van der Waals surface area (Å²) in [6.45, 7) is 5.29. The van der Waals surface area contributed by atoms with Crippen molar-refractivity contribution in [2.24, 2.45) is 5.92 Å². The lowest BCUT2D eigenvalue weighted by Gasteiger charge is -2.09. The van der Waals surface area contributed by atoms with E-state index in [1.807, 2.05) is 32.8 Å². The summed E-state index contributed by atoms with van der Waals surface area (Å²) in [6.07, 6.45) is 0.448. The van der Waals surface area contributed by atoms with E-state index in [1.54, 1.807) is 5.38 Å². The molecule has 0 aliphatic rings. The first-order valence-electron chi connectivity index (χ1n) is 6.56. The van der Waals surface area contributed by atoms with Gasteiger partial charge in [0.25, 0.3) is 5.91 Å². The van der Waals surface area contributed by atoms with Crippen molar-refractivity contribution in [1.29, 1.82) is 0 Å². The minimum Gasteiger partial charge on any atom is -0.349 e. The van der Waals surface area contributed by atoms with Gasteiger partial charge < -0.3 is 15.5 Å². The SMILES string of the molecule is CC(C)CC(=O)Nc1nc(C(=O)NCCN(C)C)cs1. The van der Waals surface area contributed by atoms with Gasteiger partial charge in [-0.05, 0) is 20.0 Å². The molecule has 0 radical (unpaired) electrons. The van der Waals surface area contributed by atoms with Crippen molar-refractivity contribution < 1.29 is 9.59 Å². The first-order chi connectivity index (χ1) is 9.38. The van der Waals surface area contributed by atoms with Gasteiger partial charge in [-0.15, -0.1) is 11.3 Å². The van der Waals surface area contributed by atoms with Crippen LogP contribution in [0.3, 0.4) is 0 Å². The average Bonchev–Trinajstić information content (AvgIpc) is 2.75. The predicted molar refractivity (Wildman–Crippen MR) is 81.1 cm³/mol. The molecule has 1 rings (SSSR count). The number of anilines is 1. The maximum Gasteiger partial charge on any atom is 0.270 e. The predicted octanol–water partition coefficient (Wildman–Crippen LogP) is 1.42. The summed E-state index contributed by atoms with van der Waals surface area (Å²) in [7, 11) is 3.88. The van der Waals surface area contributed by atoms with Crippen molar-refractivity contribution in [2.45, 2.75) is 20.3 Å². The Kier molecular flexibility index (Phi) is 6.60. The summed E-state index contributed by atoms with van der Waals surface area (Å²) in [5.41, 5.74) is 0.341. The molecule has 20 heavy (non-hydrogen) atoms. The molecule has 0 aliphatic heterocycles. The van der Waals surface area contributed by atoms with E-state index in [1.165, 1.54) is 11.3 Å². The fraction of sp³-hybridized carbons (Fsp3) is 0.615. The smallest absolute Gasteiger partial charge is 0.270 e. The number of hydrogen-bond acceptors (Lipinski definition) is 5. The molecule has 0 saturated carbocycles. The lowest BCUT2D eigenvalue weighted by atomic mass is 10.1. The monoisotopic (exact) mass is 298 g/mol. The molecule has 1 aromatic rings. The summed E-state index contributed by atoms with van der Waals surface area (Å²) >= 11 is 1.26. The third kappa shape index (κ3) is 6.12. The molecular formula is C13H22N4O2S. The number of thiazole rings is 1. The van der Waals surface area contributed by atoms with Gasteiger partial charge in [0, 0.05) is 24.9 Å². The summed E-state index contributed by atoms with van der Waals surface area (Å²) in [4.78, 5) is 29.5. The molecule has 0 spiro atoms. The molecule has 6 nitrogen and oxygen atoms in total. The number of amides is 2. The number of nitrogens with zero attached hydrogens (tertiary/aromatic N) is 2. The van der Waals surface area contributed by atoms with Crippen LogP contribution in [0.4, 0.5) is 5.13 Å². The Bertz CT molecular complexity index is 457. The first-order valence-corrected chi connectivity index (χ1v) is 7.44. The summed E-state index contributed by atoms with van der Waals surface area (Å²) in [5.74, 6) is 0.00476. The van der Waals surface area contributed by atoms with Gasteiger partial charge >= 0.3 is 0 Å². The average molecular weight is 298 g/mol. The van der Waals surface area contributed by atoms with Gasteiger partial charge in [-0.1, -0.05) is 13.8 Å². The van der Waals surface area contributed by atoms with E-state index in [-0.39, 0.29) is 11.8 Å². The molecule has 0 saturated heterocycles. The highest BCUT2D eigenvalue weighted by Crippen LogP contribution is 2.16. The van der Waals surface area contributed by atoms with Crippen molar-refractivity contribution in [2.75, 3.05) is 32.5 Å². The maximum absolute atomic E-state index is 11.8. The van der Waals surface area contributed by atoms with Crippen LogP contribution < -0.4 is 10.6 Å². The number of likely N-dealkylation sites (N-methyl/N-ethyl adjacent to an activating group) is 1. The largest absolute Gasteiger partial charge is 0.349 e. The Labute approximate surface area is 123 Å². The zero-order valence-electron chi connectivity index (χ0n) is 12.4. The Morgan fingerprint density at radius 1 is 1.40 bits per heavy atom. The second-order valence-electron chi connectivity index (χ2n) is 5.24. The molecule has 0 atom stereocenters. The molecule has 0 bridgehead atoms. The highest BCUT2D eigenvalue weighted by molar-refractivity contribution is 7.14. The van der Waals surface area contributed by atoms with E-state index in [0.717, 1.165) is 6.54 Å². The lowest BCUT2D eigenvalue weighted by Crippen LogP contribution is -2.31. The number of nitrogens with one attached hydrogen (secondary N) is 2. The molecular weight excluding hydrogens is 276 g/mol. The highest BCUT2D eigenvalue weighted by Gasteiger charge is 2.12. The van der Waals surface area contributed by atoms with Crippen molar-refractivity contribution in [3.63, 3.8) is 0 Å². The minimum atomic E-state index is -0.215. The second kappa shape index (κ2) is 7.96. The summed E-state index contributed by atoms with van der Waals surface area (Å²) in [6, 6.07) is 0. The van der Waals surface area contributed by atoms with Crippen LogP contribution >= 0.6 is 11.3 Å². The van der Waals surface area contributed by atoms with Crippen LogP contribution in [0.25, 0.3) is 0 Å². The standard InChI is InChI=1S/C13H22N4O2S/c1-9(2)7-11(18)16-13-15-10(8-20-13)12(19)14-5-6-17(3)4/h8-9H,5-7H2,1-4H3,(H,14,19)(H,15,16,18). The molecule has 0 aliphatic carbocycles. The Hall–Kier alpha value is -1.47. The van der Waals surface area contributed by atoms with E-state index in [2.05, 4.69) is 15.6 Å². The normalized spacial score (nSPS) is 10.9. The molecule has 0 fully saturated rings. The molecule has 0 unspecified atom stereocenters. The van der Waals surface area contributed by atoms with Crippen LogP contribution in [0.15, 0.2) is 5.38 Å². The summed E-state index contributed by atoms with van der Waals surface area (Å²) in [5, 5.41) is 7.60. The Balaban J connectivity index is 2.46. The van der Waals surface area contributed by atoms with Gasteiger partial charge in [0.1, 0.15) is 5.69 Å². The van der Waals surface area contributed by atoms with Gasteiger partial charge in [0.15, 0.2) is 5.13 Å². The number of aromatic nitrogens is 1. The van der Waals surface area contributed by atoms with Crippen LogP contribution in [0.1, 0.15) is 30.8 Å². The van der Waals surface area contributed by atoms with Gasteiger partial charge in [-0.2, -0.15) is 0 Å². The van der Waals surface area contributed by atoms with Crippen LogP contribution in [0.5, 0.6) is 0 Å². The fourth-order valence-corrected chi connectivity index (χ4v) is 2.17. The van der Waals surface area contributed by atoms with E-state index < -0.39 is 0 Å². The number of carbonyl (C=O) groups excluding carboxylic acids is 2. The van der Waals surface area contributed by atoms with E-state index >= 15 is 0 Å². The van der Waals surface area contributed by atoms with Crippen LogP contribution in [0.2, 0.25) is 0 Å². The van der Waals surface area contributed by atoms with E-state index in [9.17, 15) is 9.59 Å². The molecule has 1 aromatic heterocycles. The number of carbonyl (C=O) groups is 2. The third-order valence-electron chi connectivity index (χ3n) is 2.42. The molecule has 1 heterocycles. The van der Waals surface area contributed by atoms with Crippen molar-refractivity contribution >= 4 is 28.3 Å². The number of rotatable bonds is 7. The second-order valence-corrected chi connectivity index (χ2v) is 6.10. The van der Waals surface area contributed by atoms with Gasteiger partial charge in [-0.25, -0.2) is 4.98 Å². The quantitative estimate of drug-likeness (QED) is 0.798. The van der Waals surface area contributed by atoms with Gasteiger partial charge in [0.2, 0.25) is 5.91 Å². The third-order valence-corrected chi connectivity index (χ3v) is 3.18. The number of hydrogen-bond donors (Lipinski definition) is 2. The highest BCUT2D eigenvalue weighted by atomic mass is 32.1. The zero-order chi connectivity index (χ0) is 15.1. The minimum absolute atomic E-state index is 0.0751. The lowest BCUT2D eigenvalue weighted by molar-refractivity contribution is -0.116. The Morgan fingerprint density at radius 3 is 2.70 bits per heavy atom. The van der Waals surface area contributed by atoms with Crippen molar-refractivity contribution in [1.82, 2.24) is 15.2 Å². The molecule has 2 N–H and O–H groups in total. The molecule has 2 amide bonds. The van der Waals surface area contributed by atoms with Crippen LogP contribution in [-0.2, 0) is 4.79 Å². The van der Waals surface area contributed by atoms with Crippen LogP contribution in [0, 0.1) is 5.92 Å². The first kappa shape index (κ1) is 16.6. The van der Waals surface area contributed by atoms with E-state index in [0.29, 0.717) is 29.7 Å².